The number of hydrogen-bond acceptors (Lipinski definition) is 5. The smallest absolute Gasteiger partial charge is 0.150 e. The van der Waals surface area contributed by atoms with Crippen LogP contribution in [-0.2, 0) is 6.54 Å². The molecule has 1 atom stereocenters. The summed E-state index contributed by atoms with van der Waals surface area (Å²) in [5, 5.41) is 14.1. The normalized spacial score (nSPS) is 20.2. The molecule has 1 aliphatic heterocycles. The zero-order chi connectivity index (χ0) is 14.8. The van der Waals surface area contributed by atoms with Gasteiger partial charge >= 0.3 is 0 Å². The Labute approximate surface area is 121 Å². The van der Waals surface area contributed by atoms with Crippen LogP contribution < -0.4 is 0 Å². The van der Waals surface area contributed by atoms with Gasteiger partial charge in [-0.2, -0.15) is 0 Å². The first-order chi connectivity index (χ1) is 9.34. The zero-order valence-corrected chi connectivity index (χ0v) is 13.1. The highest BCUT2D eigenvalue weighted by atomic mass is 16.5. The number of aliphatic hydroxyl groups is 1. The Hall–Kier alpha value is -0.910. The molecule has 1 aromatic heterocycles. The molecule has 1 aliphatic rings. The summed E-state index contributed by atoms with van der Waals surface area (Å²) < 4.78 is 5.26. The van der Waals surface area contributed by atoms with Crippen LogP contribution in [0, 0.1) is 12.3 Å². The first-order valence-corrected chi connectivity index (χ1v) is 7.39. The number of piperazine rings is 1. The van der Waals surface area contributed by atoms with Crippen molar-refractivity contribution in [3.05, 3.63) is 17.5 Å². The minimum absolute atomic E-state index is 0.0471. The largest absolute Gasteiger partial charge is 0.391 e. The van der Waals surface area contributed by atoms with E-state index in [-0.39, 0.29) is 11.5 Å². The fourth-order valence-electron chi connectivity index (χ4n) is 2.36. The van der Waals surface area contributed by atoms with Gasteiger partial charge in [0.1, 0.15) is 0 Å². The standard InChI is InChI=1S/C15H27N3O2/c1-12-9-13(20-16-12)10-17-5-7-18(8-6-17)11-14(19)15(2,3)4/h9,14,19H,5-8,10-11H2,1-4H3. The molecule has 20 heavy (non-hydrogen) atoms. The molecule has 0 spiro atoms. The summed E-state index contributed by atoms with van der Waals surface area (Å²) in [5.41, 5.74) is 0.890. The van der Waals surface area contributed by atoms with Crippen molar-refractivity contribution in [1.29, 1.82) is 0 Å². The molecule has 0 aromatic carbocycles. The lowest BCUT2D eigenvalue weighted by molar-refractivity contribution is 0.0117. The van der Waals surface area contributed by atoms with Crippen molar-refractivity contribution in [2.75, 3.05) is 32.7 Å². The van der Waals surface area contributed by atoms with Crippen LogP contribution in [0.1, 0.15) is 32.2 Å². The van der Waals surface area contributed by atoms with Gasteiger partial charge in [0.05, 0.1) is 18.3 Å². The molecule has 5 nitrogen and oxygen atoms in total. The molecule has 1 fully saturated rings. The van der Waals surface area contributed by atoms with E-state index in [1.807, 2.05) is 13.0 Å². The number of aromatic nitrogens is 1. The van der Waals surface area contributed by atoms with Crippen molar-refractivity contribution in [3.8, 4) is 0 Å². The Morgan fingerprint density at radius 1 is 1.25 bits per heavy atom. The maximum atomic E-state index is 10.2. The van der Waals surface area contributed by atoms with Gasteiger partial charge in [-0.05, 0) is 12.3 Å². The minimum Gasteiger partial charge on any atom is -0.391 e. The van der Waals surface area contributed by atoms with E-state index in [0.717, 1.165) is 50.7 Å². The van der Waals surface area contributed by atoms with E-state index in [1.54, 1.807) is 0 Å². The van der Waals surface area contributed by atoms with Gasteiger partial charge in [0, 0.05) is 38.8 Å². The van der Waals surface area contributed by atoms with Crippen molar-refractivity contribution in [2.24, 2.45) is 5.41 Å². The number of aliphatic hydroxyl groups excluding tert-OH is 1. The summed E-state index contributed by atoms with van der Waals surface area (Å²) in [4.78, 5) is 4.72. The quantitative estimate of drug-likeness (QED) is 0.906. The second-order valence-corrected chi connectivity index (χ2v) is 6.89. The van der Waals surface area contributed by atoms with Gasteiger partial charge in [-0.15, -0.1) is 0 Å². The highest BCUT2D eigenvalue weighted by Gasteiger charge is 2.26. The number of hydrogen-bond donors (Lipinski definition) is 1. The molecule has 1 unspecified atom stereocenters. The predicted molar refractivity (Wildman–Crippen MR) is 78.4 cm³/mol. The first-order valence-electron chi connectivity index (χ1n) is 7.39. The molecular weight excluding hydrogens is 254 g/mol. The highest BCUT2D eigenvalue weighted by Crippen LogP contribution is 2.20. The summed E-state index contributed by atoms with van der Waals surface area (Å²) in [6.45, 7) is 13.8. The molecule has 1 saturated heterocycles. The third-order valence-corrected chi connectivity index (χ3v) is 3.95. The maximum Gasteiger partial charge on any atom is 0.150 e. The molecule has 1 aromatic rings. The third-order valence-electron chi connectivity index (χ3n) is 3.95. The second-order valence-electron chi connectivity index (χ2n) is 6.89. The van der Waals surface area contributed by atoms with Gasteiger partial charge in [-0.1, -0.05) is 25.9 Å². The third kappa shape index (κ3) is 4.30. The molecule has 5 heteroatoms. The Morgan fingerprint density at radius 2 is 1.85 bits per heavy atom. The fourth-order valence-corrected chi connectivity index (χ4v) is 2.36. The van der Waals surface area contributed by atoms with Crippen LogP contribution in [0.4, 0.5) is 0 Å². The van der Waals surface area contributed by atoms with Crippen LogP contribution >= 0.6 is 0 Å². The van der Waals surface area contributed by atoms with Crippen LogP contribution in [0.3, 0.4) is 0 Å². The molecule has 0 radical (unpaired) electrons. The van der Waals surface area contributed by atoms with Crippen molar-refractivity contribution < 1.29 is 9.63 Å². The van der Waals surface area contributed by atoms with E-state index >= 15 is 0 Å². The summed E-state index contributed by atoms with van der Waals surface area (Å²) >= 11 is 0. The highest BCUT2D eigenvalue weighted by molar-refractivity contribution is 5.03. The van der Waals surface area contributed by atoms with Crippen molar-refractivity contribution in [2.45, 2.75) is 40.3 Å². The van der Waals surface area contributed by atoms with Crippen LogP contribution in [0.15, 0.2) is 10.6 Å². The molecular formula is C15H27N3O2. The lowest BCUT2D eigenvalue weighted by atomic mass is 9.89. The van der Waals surface area contributed by atoms with Gasteiger partial charge in [0.15, 0.2) is 5.76 Å². The van der Waals surface area contributed by atoms with E-state index in [9.17, 15) is 5.11 Å². The van der Waals surface area contributed by atoms with E-state index < -0.39 is 0 Å². The van der Waals surface area contributed by atoms with Crippen LogP contribution in [0.2, 0.25) is 0 Å². The predicted octanol–water partition coefficient (Wildman–Crippen LogP) is 1.51. The maximum absolute atomic E-state index is 10.2. The van der Waals surface area contributed by atoms with Crippen molar-refractivity contribution in [1.82, 2.24) is 15.0 Å². The van der Waals surface area contributed by atoms with Gasteiger partial charge in [-0.3, -0.25) is 9.80 Å². The number of rotatable bonds is 4. The van der Waals surface area contributed by atoms with Gasteiger partial charge in [0.2, 0.25) is 0 Å². The SMILES string of the molecule is Cc1cc(CN2CCN(CC(O)C(C)(C)C)CC2)on1. The minimum atomic E-state index is -0.272. The van der Waals surface area contributed by atoms with Crippen molar-refractivity contribution in [3.63, 3.8) is 0 Å². The molecule has 0 amide bonds. The number of β-amino-alcohol motifs (C(OH)–C–C–N with tert-alkyl or cyclic N) is 1. The van der Waals surface area contributed by atoms with E-state index in [1.165, 1.54) is 0 Å². The van der Waals surface area contributed by atoms with Crippen LogP contribution in [-0.4, -0.2) is 58.9 Å². The van der Waals surface area contributed by atoms with Crippen LogP contribution in [0.25, 0.3) is 0 Å². The fraction of sp³-hybridized carbons (Fsp3) is 0.800. The molecule has 1 N–H and O–H groups in total. The monoisotopic (exact) mass is 281 g/mol. The summed E-state index contributed by atoms with van der Waals surface area (Å²) in [6, 6.07) is 2.00. The lowest BCUT2D eigenvalue weighted by Crippen LogP contribution is -2.49. The van der Waals surface area contributed by atoms with E-state index in [4.69, 9.17) is 4.52 Å². The number of aryl methyl sites for hydroxylation is 1. The van der Waals surface area contributed by atoms with Gasteiger partial charge < -0.3 is 9.63 Å². The molecule has 2 rings (SSSR count). The first kappa shape index (κ1) is 15.5. The zero-order valence-electron chi connectivity index (χ0n) is 13.1. The summed E-state index contributed by atoms with van der Waals surface area (Å²) in [6.07, 6.45) is -0.272. The van der Waals surface area contributed by atoms with E-state index in [2.05, 4.69) is 35.7 Å². The lowest BCUT2D eigenvalue weighted by Gasteiger charge is -2.37. The van der Waals surface area contributed by atoms with Gasteiger partial charge in [0.25, 0.3) is 0 Å². The second kappa shape index (κ2) is 6.24. The average molecular weight is 281 g/mol. The number of nitrogens with zero attached hydrogens (tertiary/aromatic N) is 3. The average Bonchev–Trinajstić information content (AvgIpc) is 2.76. The molecule has 2 heterocycles. The van der Waals surface area contributed by atoms with Crippen LogP contribution in [0.5, 0.6) is 0 Å². The Morgan fingerprint density at radius 3 is 2.35 bits per heavy atom. The summed E-state index contributed by atoms with van der Waals surface area (Å²) in [7, 11) is 0. The molecule has 0 saturated carbocycles. The molecule has 114 valence electrons. The van der Waals surface area contributed by atoms with E-state index in [0.29, 0.717) is 0 Å². The topological polar surface area (TPSA) is 52.7 Å². The summed E-state index contributed by atoms with van der Waals surface area (Å²) in [5.74, 6) is 0.936. The van der Waals surface area contributed by atoms with Gasteiger partial charge in [-0.25, -0.2) is 0 Å². The Balaban J connectivity index is 1.75. The Kier molecular flexibility index (Phi) is 4.83. The molecule has 0 aliphatic carbocycles. The Bertz CT molecular complexity index is 417. The van der Waals surface area contributed by atoms with Crippen molar-refractivity contribution >= 4 is 0 Å². The molecule has 0 bridgehead atoms.